The molecule has 0 radical (unpaired) electrons. The minimum Gasteiger partial charge on any atom is -0.311 e. The molecule has 432 valence electrons. The van der Waals surface area contributed by atoms with Crippen molar-refractivity contribution in [3.63, 3.8) is 0 Å². The van der Waals surface area contributed by atoms with Crippen molar-refractivity contribution in [2.24, 2.45) is 0 Å². The molecule has 0 spiro atoms. The van der Waals surface area contributed by atoms with Crippen LogP contribution in [0.15, 0.2) is 328 Å². The molecule has 0 saturated heterocycles. The minimum absolute atomic E-state index is 0.272. The number of hydrogen-bond donors (Lipinski definition) is 0. The van der Waals surface area contributed by atoms with E-state index in [1.165, 1.54) is 10.9 Å². The van der Waals surface area contributed by atoms with Gasteiger partial charge in [0.2, 0.25) is 0 Å². The maximum absolute atomic E-state index is 6.19. The van der Waals surface area contributed by atoms with Crippen molar-refractivity contribution in [2.45, 2.75) is 12.8 Å². The molecule has 0 bridgehead atoms. The van der Waals surface area contributed by atoms with Crippen LogP contribution in [-0.4, -0.2) is 28.4 Å². The van der Waals surface area contributed by atoms with Crippen molar-refractivity contribution >= 4 is 143 Å². The first-order valence-corrected chi connectivity index (χ1v) is 31.6. The lowest BCUT2D eigenvalue weighted by Crippen LogP contribution is -2.65. The number of pyridine rings is 3. The lowest BCUT2D eigenvalue weighted by Gasteiger charge is -2.47. The molecule has 0 N–H and O–H groups in total. The Bertz CT molecular complexity index is 5000. The summed E-state index contributed by atoms with van der Waals surface area (Å²) in [5.41, 5.74) is 23.5. The molecule has 4 aliphatic heterocycles. The Kier molecular flexibility index (Phi) is 12.7. The summed E-state index contributed by atoms with van der Waals surface area (Å²) in [6.07, 6.45) is 12.8. The van der Waals surface area contributed by atoms with Crippen molar-refractivity contribution in [3.05, 3.63) is 328 Å². The first kappa shape index (κ1) is 53.1. The van der Waals surface area contributed by atoms with E-state index in [1.54, 1.807) is 0 Å². The third-order valence-electron chi connectivity index (χ3n) is 18.6. The van der Waals surface area contributed by atoms with E-state index in [0.29, 0.717) is 0 Å². The second kappa shape index (κ2) is 22.0. The lowest BCUT2D eigenvalue weighted by molar-refractivity contribution is 0.988. The molecule has 13 aromatic rings. The molecule has 5 aliphatic rings. The van der Waals surface area contributed by atoms with Crippen LogP contribution in [0.5, 0.6) is 0 Å². The predicted molar refractivity (Wildman–Crippen MR) is 383 cm³/mol. The Morgan fingerprint density at radius 2 is 0.793 bits per heavy atom. The SMILES string of the molecule is C1=CC(N(c2ccccc2)c2cc3c4c(n2)N(c2ccccc2-c2ccccc2)c2cc5c(cc2B4c2ccccc2N3c2ccccc2)B2c3cnccc3N(c3ccccc3)c3nc(N(c4ccccc4)c4ccccc4)cc(c32)N5c2ccccc2)=CCC1. The average Bonchev–Trinajstić information content (AvgIpc) is 0.692. The zero-order valence-corrected chi connectivity index (χ0v) is 50.2. The highest BCUT2D eigenvalue weighted by molar-refractivity contribution is 7.03. The number of nitrogens with zero attached hydrogens (tertiary/aromatic N) is 9. The fourth-order valence-electron chi connectivity index (χ4n) is 14.8. The highest BCUT2D eigenvalue weighted by Gasteiger charge is 2.50. The van der Waals surface area contributed by atoms with Crippen molar-refractivity contribution in [3.8, 4) is 11.1 Å². The van der Waals surface area contributed by atoms with Crippen LogP contribution in [0.3, 0.4) is 0 Å². The molecule has 0 unspecified atom stereocenters. The van der Waals surface area contributed by atoms with Gasteiger partial charge in [-0.3, -0.25) is 24.6 Å². The molecule has 0 atom stereocenters. The smallest absolute Gasteiger partial charge is 0.256 e. The highest BCUT2D eigenvalue weighted by Crippen LogP contribution is 2.52. The predicted octanol–water partition coefficient (Wildman–Crippen LogP) is 16.5. The van der Waals surface area contributed by atoms with Crippen LogP contribution in [0, 0.1) is 0 Å². The van der Waals surface area contributed by atoms with Gasteiger partial charge in [-0.05, 0) is 154 Å². The molecular weight excluding hydrogens is 1120 g/mol. The molecule has 7 heterocycles. The number of benzene rings is 10. The van der Waals surface area contributed by atoms with Gasteiger partial charge in [-0.1, -0.05) is 194 Å². The number of para-hydroxylation sites is 8. The van der Waals surface area contributed by atoms with Crippen LogP contribution >= 0.6 is 0 Å². The average molecular weight is 1180 g/mol. The second-order valence-corrected chi connectivity index (χ2v) is 23.8. The van der Waals surface area contributed by atoms with Gasteiger partial charge < -0.3 is 9.80 Å². The number of allylic oxidation sites excluding steroid dienone is 3. The van der Waals surface area contributed by atoms with E-state index < -0.39 is 0 Å². The summed E-state index contributed by atoms with van der Waals surface area (Å²) in [4.78, 5) is 31.7. The van der Waals surface area contributed by atoms with Gasteiger partial charge in [0, 0.05) is 104 Å². The molecule has 10 aromatic carbocycles. The van der Waals surface area contributed by atoms with Gasteiger partial charge in [0.1, 0.15) is 23.3 Å². The van der Waals surface area contributed by atoms with E-state index in [4.69, 9.17) is 15.0 Å². The van der Waals surface area contributed by atoms with Gasteiger partial charge in [0.15, 0.2) is 0 Å². The van der Waals surface area contributed by atoms with Gasteiger partial charge in [-0.15, -0.1) is 0 Å². The number of aromatic nitrogens is 3. The van der Waals surface area contributed by atoms with Crippen molar-refractivity contribution in [1.29, 1.82) is 0 Å². The van der Waals surface area contributed by atoms with Crippen LogP contribution in [-0.2, 0) is 0 Å². The van der Waals surface area contributed by atoms with E-state index in [2.05, 4.69) is 345 Å². The Morgan fingerprint density at radius 1 is 0.337 bits per heavy atom. The van der Waals surface area contributed by atoms with Crippen molar-refractivity contribution in [2.75, 3.05) is 29.4 Å². The van der Waals surface area contributed by atoms with Gasteiger partial charge in [0.25, 0.3) is 13.4 Å². The number of hydrogen-bond acceptors (Lipinski definition) is 9. The Morgan fingerprint density at radius 3 is 1.38 bits per heavy atom. The standard InChI is InChI=1S/C81H57B2N9/c1-9-29-56(30-10-1)64-45-25-27-47-69(64)92-73-52-72-66(51-67(73)82-65-46-26-28-48-70(65)89(61-39-19-6-20-40-61)74-53-77(86-81(92)79(74)82)88(59-35-15-4-16-36-59)60-37-17-5-18-38-60)83-68-55-84-50-49-71(68)91(63-43-23-8-24-44-63)80-78(83)75(90(72)62-41-21-7-22-42-62)54-76(85-80)87(57-31-11-2-12-32-57)58-33-13-3-14-34-58/h1-4,6-17,19-55H,5,18H2. The summed E-state index contributed by atoms with van der Waals surface area (Å²) in [6.45, 7) is -0.582. The summed E-state index contributed by atoms with van der Waals surface area (Å²) in [7, 11) is 0. The summed E-state index contributed by atoms with van der Waals surface area (Å²) < 4.78 is 0. The highest BCUT2D eigenvalue weighted by atomic mass is 15.3. The first-order valence-electron chi connectivity index (χ1n) is 31.6. The summed E-state index contributed by atoms with van der Waals surface area (Å²) in [5, 5.41) is 0. The lowest BCUT2D eigenvalue weighted by atomic mass is 9.30. The largest absolute Gasteiger partial charge is 0.311 e. The summed E-state index contributed by atoms with van der Waals surface area (Å²) in [5.74, 6) is 3.30. The first-order chi connectivity index (χ1) is 45.7. The second-order valence-electron chi connectivity index (χ2n) is 23.8. The molecule has 0 fully saturated rings. The number of rotatable bonds is 11. The third-order valence-corrected chi connectivity index (χ3v) is 18.6. The Labute approximate surface area is 536 Å². The molecular formula is C81H57B2N9. The van der Waals surface area contributed by atoms with Gasteiger partial charge in [0.05, 0.1) is 5.69 Å². The molecule has 0 saturated carbocycles. The molecule has 9 nitrogen and oxygen atoms in total. The fraction of sp³-hybridized carbons (Fsp3) is 0.0247. The van der Waals surface area contributed by atoms with Crippen LogP contribution in [0.1, 0.15) is 12.8 Å². The maximum Gasteiger partial charge on any atom is 0.256 e. The van der Waals surface area contributed by atoms with E-state index in [1.807, 2.05) is 6.20 Å². The van der Waals surface area contributed by atoms with Crippen molar-refractivity contribution in [1.82, 2.24) is 15.0 Å². The third kappa shape index (κ3) is 8.53. The van der Waals surface area contributed by atoms with Gasteiger partial charge >= 0.3 is 0 Å². The Hall–Kier alpha value is -11.9. The van der Waals surface area contributed by atoms with Crippen molar-refractivity contribution < 1.29 is 0 Å². The molecule has 11 heteroatoms. The van der Waals surface area contributed by atoms with E-state index in [0.717, 1.165) is 149 Å². The number of anilines is 17. The zero-order chi connectivity index (χ0) is 60.6. The molecule has 1 aliphatic carbocycles. The zero-order valence-electron chi connectivity index (χ0n) is 50.2. The monoisotopic (exact) mass is 1180 g/mol. The maximum atomic E-state index is 6.19. The minimum atomic E-state index is -0.310. The van der Waals surface area contributed by atoms with E-state index >= 15 is 0 Å². The Balaban J connectivity index is 0.982. The molecule has 0 amide bonds. The molecule has 3 aromatic heterocycles. The number of fused-ring (bicyclic) bond motifs is 8. The topological polar surface area (TPSA) is 58.1 Å². The van der Waals surface area contributed by atoms with Crippen LogP contribution < -0.4 is 62.2 Å². The summed E-state index contributed by atoms with van der Waals surface area (Å²) in [6, 6.07) is 105. The normalized spacial score (nSPS) is 13.7. The quantitative estimate of drug-likeness (QED) is 0.118. The summed E-state index contributed by atoms with van der Waals surface area (Å²) >= 11 is 0. The van der Waals surface area contributed by atoms with Gasteiger partial charge in [-0.2, -0.15) is 0 Å². The fourth-order valence-corrected chi connectivity index (χ4v) is 14.8. The van der Waals surface area contributed by atoms with E-state index in [-0.39, 0.29) is 13.4 Å². The van der Waals surface area contributed by atoms with Crippen LogP contribution in [0.2, 0.25) is 0 Å². The molecule has 92 heavy (non-hydrogen) atoms. The molecule has 18 rings (SSSR count). The van der Waals surface area contributed by atoms with Gasteiger partial charge in [-0.25, -0.2) is 9.97 Å². The van der Waals surface area contributed by atoms with Crippen LogP contribution in [0.4, 0.5) is 97.2 Å². The van der Waals surface area contributed by atoms with Crippen LogP contribution in [0.25, 0.3) is 11.1 Å². The van der Waals surface area contributed by atoms with E-state index in [9.17, 15) is 0 Å².